The molecule has 0 saturated carbocycles. The van der Waals surface area contributed by atoms with Gasteiger partial charge >= 0.3 is 11.9 Å². The molecule has 1 rings (SSSR count). The second-order valence-corrected chi connectivity index (χ2v) is 3.59. The molecule has 0 saturated heterocycles. The van der Waals surface area contributed by atoms with Gasteiger partial charge in [-0.25, -0.2) is 9.59 Å². The number of carbonyl (C=O) groups is 1. The molecule has 7 nitrogen and oxygen atoms in total. The van der Waals surface area contributed by atoms with Gasteiger partial charge in [0.15, 0.2) is 5.76 Å². The average molecular weight is 244 g/mol. The average Bonchev–Trinajstić information content (AvgIpc) is 2.57. The van der Waals surface area contributed by atoms with E-state index in [4.69, 9.17) is 8.83 Å². The molecular weight excluding hydrogens is 228 g/mol. The number of rotatable bonds is 5. The monoisotopic (exact) mass is 244 g/mol. The molecule has 0 aliphatic carbocycles. The van der Waals surface area contributed by atoms with Crippen LogP contribution in [0.15, 0.2) is 13.6 Å². The molecule has 0 fully saturated rings. The third-order valence-electron chi connectivity index (χ3n) is 2.20. The molecule has 1 aromatic heterocycles. The zero-order valence-electron chi connectivity index (χ0n) is 10.1. The zero-order valence-corrected chi connectivity index (χ0v) is 10.1. The maximum atomic E-state index is 10.8. The van der Waals surface area contributed by atoms with Crippen molar-refractivity contribution in [2.75, 3.05) is 27.2 Å². The number of methoxy groups -OCH3 is 1. The molecular formula is C10H16N2O5. The Hall–Kier alpha value is -1.76. The second kappa shape index (κ2) is 6.09. The van der Waals surface area contributed by atoms with E-state index in [0.29, 0.717) is 31.2 Å². The van der Waals surface area contributed by atoms with Crippen molar-refractivity contribution in [3.63, 3.8) is 0 Å². The van der Waals surface area contributed by atoms with Crippen LogP contribution in [0.5, 0.6) is 0 Å². The fraction of sp³-hybridized carbons (Fsp3) is 0.600. The number of nitrogens with zero attached hydrogens (tertiary/aromatic N) is 1. The van der Waals surface area contributed by atoms with Crippen LogP contribution in [-0.2, 0) is 11.3 Å². The molecule has 7 heteroatoms. The summed E-state index contributed by atoms with van der Waals surface area (Å²) in [5.41, 5.74) is 0. The highest BCUT2D eigenvalue weighted by molar-refractivity contribution is 5.66. The quantitative estimate of drug-likeness (QED) is 0.803. The lowest BCUT2D eigenvalue weighted by Crippen LogP contribution is -2.32. The minimum absolute atomic E-state index is 0.445. The lowest BCUT2D eigenvalue weighted by Gasteiger charge is -2.14. The molecule has 1 amide bonds. The van der Waals surface area contributed by atoms with Crippen molar-refractivity contribution in [2.24, 2.45) is 0 Å². The van der Waals surface area contributed by atoms with E-state index in [-0.39, 0.29) is 0 Å². The Morgan fingerprint density at radius 2 is 2.18 bits per heavy atom. The van der Waals surface area contributed by atoms with Gasteiger partial charge in [-0.05, 0) is 14.0 Å². The number of likely N-dealkylation sites (N-methyl/N-ethyl adjacent to an activating group) is 1. The number of carbonyl (C=O) groups excluding carboxylic acids is 1. The molecule has 1 aromatic rings. The lowest BCUT2D eigenvalue weighted by molar-refractivity contribution is 0.169. The number of aryl methyl sites for hydroxylation is 1. The van der Waals surface area contributed by atoms with Crippen molar-refractivity contribution >= 4 is 6.09 Å². The molecule has 0 aliphatic heterocycles. The molecule has 17 heavy (non-hydrogen) atoms. The maximum Gasteiger partial charge on any atom is 0.519 e. The number of nitrogens with one attached hydrogen (secondary N) is 1. The number of ether oxygens (including phenoxy) is 1. The molecule has 96 valence electrons. The van der Waals surface area contributed by atoms with Crippen molar-refractivity contribution in [1.29, 1.82) is 0 Å². The molecule has 0 atom stereocenters. The minimum Gasteiger partial charge on any atom is -0.453 e. The summed E-state index contributed by atoms with van der Waals surface area (Å²) in [6.07, 6.45) is -0.468. The van der Waals surface area contributed by atoms with E-state index in [9.17, 15) is 9.59 Å². The van der Waals surface area contributed by atoms with Crippen LogP contribution in [0.4, 0.5) is 4.79 Å². The van der Waals surface area contributed by atoms with E-state index in [0.717, 1.165) is 0 Å². The number of amides is 1. The molecule has 0 bridgehead atoms. The van der Waals surface area contributed by atoms with Crippen molar-refractivity contribution in [3.05, 3.63) is 22.1 Å². The first-order valence-corrected chi connectivity index (χ1v) is 5.12. The number of hydrogen-bond acceptors (Lipinski definition) is 6. The SMILES string of the molecule is COC(=O)NCCN(C)Cc1oc(=O)oc1C. The van der Waals surface area contributed by atoms with Crippen LogP contribution in [0, 0.1) is 6.92 Å². The van der Waals surface area contributed by atoms with Crippen LogP contribution in [0.2, 0.25) is 0 Å². The van der Waals surface area contributed by atoms with Gasteiger partial charge in [-0.1, -0.05) is 0 Å². The van der Waals surface area contributed by atoms with E-state index < -0.39 is 11.9 Å². The van der Waals surface area contributed by atoms with Gasteiger partial charge < -0.3 is 18.9 Å². The highest BCUT2D eigenvalue weighted by Gasteiger charge is 2.11. The molecule has 1 heterocycles. The fourth-order valence-electron chi connectivity index (χ4n) is 1.26. The van der Waals surface area contributed by atoms with Crippen LogP contribution >= 0.6 is 0 Å². The van der Waals surface area contributed by atoms with Gasteiger partial charge in [0.2, 0.25) is 0 Å². The van der Waals surface area contributed by atoms with Gasteiger partial charge in [0.1, 0.15) is 5.76 Å². The summed E-state index contributed by atoms with van der Waals surface area (Å²) < 4.78 is 14.0. The van der Waals surface area contributed by atoms with Crippen molar-refractivity contribution in [2.45, 2.75) is 13.5 Å². The van der Waals surface area contributed by atoms with Crippen LogP contribution in [0.25, 0.3) is 0 Å². The van der Waals surface area contributed by atoms with E-state index >= 15 is 0 Å². The summed E-state index contributed by atoms with van der Waals surface area (Å²) in [4.78, 5) is 23.5. The third kappa shape index (κ3) is 4.31. The van der Waals surface area contributed by atoms with E-state index in [2.05, 4.69) is 10.1 Å². The van der Waals surface area contributed by atoms with E-state index in [1.165, 1.54) is 7.11 Å². The Kier molecular flexibility index (Phi) is 4.77. The summed E-state index contributed by atoms with van der Waals surface area (Å²) in [5, 5.41) is 2.55. The van der Waals surface area contributed by atoms with Gasteiger partial charge in [-0.3, -0.25) is 4.90 Å². The van der Waals surface area contributed by atoms with Gasteiger partial charge in [-0.2, -0.15) is 0 Å². The van der Waals surface area contributed by atoms with Crippen LogP contribution in [0.1, 0.15) is 11.5 Å². The predicted molar refractivity (Wildman–Crippen MR) is 58.7 cm³/mol. The summed E-state index contributed by atoms with van der Waals surface area (Å²) in [5.74, 6) is 0.275. The topological polar surface area (TPSA) is 84.9 Å². The molecule has 0 aromatic carbocycles. The summed E-state index contributed by atoms with van der Waals surface area (Å²) in [6.45, 7) is 3.16. The first kappa shape index (κ1) is 13.3. The molecule has 0 unspecified atom stereocenters. The zero-order chi connectivity index (χ0) is 12.8. The molecule has 0 spiro atoms. The first-order valence-electron chi connectivity index (χ1n) is 5.12. The Morgan fingerprint density at radius 3 is 2.71 bits per heavy atom. The first-order chi connectivity index (χ1) is 8.02. The second-order valence-electron chi connectivity index (χ2n) is 3.59. The molecule has 0 radical (unpaired) electrons. The predicted octanol–water partition coefficient (Wildman–Crippen LogP) is 0.329. The largest absolute Gasteiger partial charge is 0.519 e. The Labute approximate surface area is 98.3 Å². The van der Waals surface area contributed by atoms with E-state index in [1.54, 1.807) is 6.92 Å². The standard InChI is InChI=1S/C10H16N2O5/c1-7-8(17-10(14)16-7)6-12(2)5-4-11-9(13)15-3/h4-6H2,1-3H3,(H,11,13). The van der Waals surface area contributed by atoms with Gasteiger partial charge in [0, 0.05) is 13.1 Å². The normalized spacial score (nSPS) is 10.6. The van der Waals surface area contributed by atoms with Gasteiger partial charge in [0.05, 0.1) is 13.7 Å². The molecule has 0 aliphatic rings. The Morgan fingerprint density at radius 1 is 1.47 bits per heavy atom. The summed E-state index contributed by atoms with van der Waals surface area (Å²) in [7, 11) is 3.15. The number of hydrogen-bond donors (Lipinski definition) is 1. The summed E-state index contributed by atoms with van der Waals surface area (Å²) in [6, 6.07) is 0. The van der Waals surface area contributed by atoms with Crippen LogP contribution < -0.4 is 11.1 Å². The van der Waals surface area contributed by atoms with Crippen molar-refractivity contribution < 1.29 is 18.4 Å². The smallest absolute Gasteiger partial charge is 0.453 e. The van der Waals surface area contributed by atoms with Crippen LogP contribution in [0.3, 0.4) is 0 Å². The summed E-state index contributed by atoms with van der Waals surface area (Å²) >= 11 is 0. The highest BCUT2D eigenvalue weighted by atomic mass is 16.6. The molecule has 1 N–H and O–H groups in total. The number of alkyl carbamates (subject to hydrolysis) is 1. The maximum absolute atomic E-state index is 10.8. The lowest BCUT2D eigenvalue weighted by atomic mass is 10.3. The highest BCUT2D eigenvalue weighted by Crippen LogP contribution is 2.06. The Bertz CT molecular complexity index is 423. The fourth-order valence-corrected chi connectivity index (χ4v) is 1.26. The van der Waals surface area contributed by atoms with Gasteiger partial charge in [0.25, 0.3) is 0 Å². The third-order valence-corrected chi connectivity index (χ3v) is 2.20. The van der Waals surface area contributed by atoms with Crippen LogP contribution in [-0.4, -0.2) is 38.2 Å². The van der Waals surface area contributed by atoms with E-state index in [1.807, 2.05) is 11.9 Å². The minimum atomic E-state index is -0.696. The Balaban J connectivity index is 2.34. The van der Waals surface area contributed by atoms with Crippen molar-refractivity contribution in [3.8, 4) is 0 Å². The van der Waals surface area contributed by atoms with Crippen molar-refractivity contribution in [1.82, 2.24) is 10.2 Å². The van der Waals surface area contributed by atoms with Gasteiger partial charge in [-0.15, -0.1) is 0 Å².